The maximum Gasteiger partial charge on any atom is 0.329 e. The summed E-state index contributed by atoms with van der Waals surface area (Å²) < 4.78 is 14.0. The van der Waals surface area contributed by atoms with Crippen molar-refractivity contribution >= 4 is 40.7 Å². The fourth-order valence-electron chi connectivity index (χ4n) is 3.42. The number of carbonyl (C=O) groups is 1. The first-order valence-electron chi connectivity index (χ1n) is 9.25. The first-order valence-corrected chi connectivity index (χ1v) is 9.25. The van der Waals surface area contributed by atoms with E-state index in [4.69, 9.17) is 15.2 Å². The van der Waals surface area contributed by atoms with Gasteiger partial charge in [0.05, 0.1) is 22.4 Å². The fraction of sp³-hybridized carbons (Fsp3) is 0.300. The van der Waals surface area contributed by atoms with E-state index in [1.54, 1.807) is 21.3 Å². The van der Waals surface area contributed by atoms with Gasteiger partial charge in [0, 0.05) is 31.6 Å². The molecule has 1 amide bonds. The predicted octanol–water partition coefficient (Wildman–Crippen LogP) is 2.97. The lowest BCUT2D eigenvalue weighted by molar-refractivity contribution is -0.116. The number of carbonyl (C=O) groups excluding carboxylic acids is 1. The molecule has 0 radical (unpaired) electrons. The number of para-hydroxylation sites is 2. The Labute approximate surface area is 173 Å². The van der Waals surface area contributed by atoms with Crippen molar-refractivity contribution in [2.24, 2.45) is 0 Å². The van der Waals surface area contributed by atoms with Crippen LogP contribution < -0.4 is 26.2 Å². The Hall–Kier alpha value is -3.13. The molecule has 3 aromatic rings. The summed E-state index contributed by atoms with van der Waals surface area (Å²) in [4.78, 5) is 25.2. The molecule has 29 heavy (non-hydrogen) atoms. The third-order valence-corrected chi connectivity index (χ3v) is 4.75. The Morgan fingerprint density at radius 1 is 1.10 bits per heavy atom. The van der Waals surface area contributed by atoms with Gasteiger partial charge in [0.1, 0.15) is 0 Å². The summed E-state index contributed by atoms with van der Waals surface area (Å²) in [6.07, 6.45) is 1.01. The van der Waals surface area contributed by atoms with Crippen LogP contribution in [0.15, 0.2) is 41.2 Å². The van der Waals surface area contributed by atoms with E-state index in [0.717, 1.165) is 17.5 Å². The molecule has 4 rings (SSSR count). The fourth-order valence-corrected chi connectivity index (χ4v) is 3.42. The van der Waals surface area contributed by atoms with E-state index in [-0.39, 0.29) is 43.8 Å². The lowest BCUT2D eigenvalue weighted by Crippen LogP contribution is -2.26. The van der Waals surface area contributed by atoms with Gasteiger partial charge < -0.3 is 20.5 Å². The van der Waals surface area contributed by atoms with Gasteiger partial charge in [-0.15, -0.1) is 12.4 Å². The van der Waals surface area contributed by atoms with Gasteiger partial charge in [0.2, 0.25) is 12.7 Å². The lowest BCUT2D eigenvalue weighted by atomic mass is 10.2. The number of benzene rings is 2. The van der Waals surface area contributed by atoms with Gasteiger partial charge >= 0.3 is 5.69 Å². The zero-order valence-corrected chi connectivity index (χ0v) is 16.8. The van der Waals surface area contributed by atoms with E-state index < -0.39 is 0 Å². The highest BCUT2D eigenvalue weighted by molar-refractivity contribution is 5.94. The smallest absolute Gasteiger partial charge is 0.329 e. The predicted molar refractivity (Wildman–Crippen MR) is 114 cm³/mol. The van der Waals surface area contributed by atoms with Gasteiger partial charge in [-0.2, -0.15) is 0 Å². The summed E-state index contributed by atoms with van der Waals surface area (Å²) in [6, 6.07) is 10.9. The number of amides is 1. The zero-order valence-electron chi connectivity index (χ0n) is 16.0. The van der Waals surface area contributed by atoms with Crippen LogP contribution in [-0.2, 0) is 17.9 Å². The Kier molecular flexibility index (Phi) is 6.03. The van der Waals surface area contributed by atoms with E-state index in [9.17, 15) is 9.59 Å². The second-order valence-electron chi connectivity index (χ2n) is 6.67. The number of aromatic nitrogens is 2. The second-order valence-corrected chi connectivity index (χ2v) is 6.67. The molecule has 0 spiro atoms. The molecular formula is C20H23ClN4O4. The van der Waals surface area contributed by atoms with Crippen LogP contribution in [-0.4, -0.2) is 21.8 Å². The number of nitrogens with two attached hydrogens (primary N) is 1. The first-order chi connectivity index (χ1) is 13.6. The highest BCUT2D eigenvalue weighted by atomic mass is 35.5. The number of anilines is 2. The minimum atomic E-state index is -0.232. The molecule has 0 saturated heterocycles. The van der Waals surface area contributed by atoms with Crippen molar-refractivity contribution in [2.45, 2.75) is 32.9 Å². The average Bonchev–Trinajstić information content (AvgIpc) is 3.23. The third kappa shape index (κ3) is 3.88. The number of ether oxygens (including phenoxy) is 2. The average molecular weight is 419 g/mol. The number of rotatable bonds is 6. The number of nitrogens with zero attached hydrogens (tertiary/aromatic N) is 2. The van der Waals surface area contributed by atoms with Crippen molar-refractivity contribution in [3.8, 4) is 11.5 Å². The Morgan fingerprint density at radius 3 is 2.38 bits per heavy atom. The zero-order chi connectivity index (χ0) is 19.7. The lowest BCUT2D eigenvalue weighted by Gasteiger charge is -2.10. The van der Waals surface area contributed by atoms with Crippen LogP contribution >= 0.6 is 12.4 Å². The molecule has 0 unspecified atom stereocenters. The Balaban J connectivity index is 0.00000240. The maximum atomic E-state index is 12.8. The standard InChI is InChI=1S/C20H22N4O4.ClH/c1-2-8-23-15-5-3-4-6-16(15)24(20(23)26)9-7-19(25)22-14-11-18-17(10-13(14)21)27-12-28-18;/h3-6,10-11H,2,7-9,12,21H2,1H3,(H,22,25);1H. The minimum Gasteiger partial charge on any atom is -0.454 e. The molecule has 1 aliphatic heterocycles. The monoisotopic (exact) mass is 418 g/mol. The van der Waals surface area contributed by atoms with Gasteiger partial charge in [0.15, 0.2) is 11.5 Å². The highest BCUT2D eigenvalue weighted by Gasteiger charge is 2.18. The molecule has 0 bridgehead atoms. The molecule has 0 fully saturated rings. The number of nitrogen functional groups attached to an aromatic ring is 1. The molecule has 0 atom stereocenters. The van der Waals surface area contributed by atoms with Crippen LogP contribution in [0.25, 0.3) is 11.0 Å². The second kappa shape index (κ2) is 8.48. The van der Waals surface area contributed by atoms with Crippen molar-refractivity contribution < 1.29 is 14.3 Å². The number of hydrogen-bond acceptors (Lipinski definition) is 5. The summed E-state index contributed by atoms with van der Waals surface area (Å²) >= 11 is 0. The number of halogens is 1. The number of imidazole rings is 1. The normalized spacial score (nSPS) is 12.0. The largest absolute Gasteiger partial charge is 0.454 e. The first kappa shape index (κ1) is 20.6. The molecule has 2 aromatic carbocycles. The topological polar surface area (TPSA) is 101 Å². The molecule has 9 heteroatoms. The van der Waals surface area contributed by atoms with Crippen molar-refractivity contribution in [1.29, 1.82) is 0 Å². The SMILES string of the molecule is CCCn1c(=O)n(CCC(=O)Nc2cc3c(cc2N)OCO3)c2ccccc21.Cl. The summed E-state index contributed by atoms with van der Waals surface area (Å²) in [5.74, 6) is 0.874. The molecule has 8 nitrogen and oxygen atoms in total. The van der Waals surface area contributed by atoms with Gasteiger partial charge in [0.25, 0.3) is 0 Å². The number of nitrogens with one attached hydrogen (secondary N) is 1. The third-order valence-electron chi connectivity index (χ3n) is 4.75. The van der Waals surface area contributed by atoms with Crippen molar-refractivity contribution in [3.63, 3.8) is 0 Å². The molecule has 1 aromatic heterocycles. The van der Waals surface area contributed by atoms with Crippen LogP contribution in [0.3, 0.4) is 0 Å². The Morgan fingerprint density at radius 2 is 1.72 bits per heavy atom. The Bertz CT molecular complexity index is 1110. The van der Waals surface area contributed by atoms with E-state index >= 15 is 0 Å². The van der Waals surface area contributed by atoms with E-state index in [2.05, 4.69) is 5.32 Å². The molecule has 1 aliphatic rings. The maximum absolute atomic E-state index is 12.8. The molecule has 0 aliphatic carbocycles. The number of aryl methyl sites for hydroxylation is 2. The summed E-state index contributed by atoms with van der Waals surface area (Å²) in [5.41, 5.74) is 8.46. The van der Waals surface area contributed by atoms with Crippen LogP contribution in [0.1, 0.15) is 19.8 Å². The summed E-state index contributed by atoms with van der Waals surface area (Å²) in [7, 11) is 0. The summed E-state index contributed by atoms with van der Waals surface area (Å²) in [6.45, 7) is 3.09. The molecular weight excluding hydrogens is 396 g/mol. The van der Waals surface area contributed by atoms with Crippen LogP contribution in [0.4, 0.5) is 11.4 Å². The van der Waals surface area contributed by atoms with Crippen LogP contribution in [0, 0.1) is 0 Å². The van der Waals surface area contributed by atoms with E-state index in [1.165, 1.54) is 0 Å². The minimum absolute atomic E-state index is 0. The van der Waals surface area contributed by atoms with Gasteiger partial charge in [-0.25, -0.2) is 4.79 Å². The molecule has 3 N–H and O–H groups in total. The van der Waals surface area contributed by atoms with E-state index in [1.807, 2.05) is 31.2 Å². The quantitative estimate of drug-likeness (QED) is 0.599. The van der Waals surface area contributed by atoms with Crippen molar-refractivity contribution in [2.75, 3.05) is 17.8 Å². The van der Waals surface area contributed by atoms with Crippen molar-refractivity contribution in [1.82, 2.24) is 9.13 Å². The van der Waals surface area contributed by atoms with Gasteiger partial charge in [-0.3, -0.25) is 13.9 Å². The molecule has 0 saturated carbocycles. The number of hydrogen-bond donors (Lipinski definition) is 2. The molecule has 154 valence electrons. The van der Waals surface area contributed by atoms with Crippen LogP contribution in [0.5, 0.6) is 11.5 Å². The number of fused-ring (bicyclic) bond motifs is 2. The van der Waals surface area contributed by atoms with Crippen LogP contribution in [0.2, 0.25) is 0 Å². The molecule has 2 heterocycles. The highest BCUT2D eigenvalue weighted by Crippen LogP contribution is 2.38. The van der Waals surface area contributed by atoms with Gasteiger partial charge in [-0.05, 0) is 18.6 Å². The van der Waals surface area contributed by atoms with Gasteiger partial charge in [-0.1, -0.05) is 19.1 Å². The van der Waals surface area contributed by atoms with E-state index in [0.29, 0.717) is 29.4 Å². The van der Waals surface area contributed by atoms with Crippen molar-refractivity contribution in [3.05, 3.63) is 46.9 Å². The summed E-state index contributed by atoms with van der Waals surface area (Å²) in [5, 5.41) is 2.79.